The fraction of sp³-hybridized carbons (Fsp3) is 0.375. The Hall–Kier alpha value is -2.60. The quantitative estimate of drug-likeness (QED) is 0.595. The van der Waals surface area contributed by atoms with Crippen LogP contribution in [-0.2, 0) is 11.2 Å². The van der Waals surface area contributed by atoms with E-state index in [0.717, 1.165) is 34.3 Å². The highest BCUT2D eigenvalue weighted by Gasteiger charge is 2.32. The van der Waals surface area contributed by atoms with E-state index in [2.05, 4.69) is 29.6 Å². The number of hydrogen-bond donors (Lipinski definition) is 1. The molecule has 5 rings (SSSR count). The molecule has 2 amide bonds. The molecule has 154 valence electrons. The molecular formula is C24H24N2O3S. The van der Waals surface area contributed by atoms with Crippen LogP contribution in [0.25, 0.3) is 11.1 Å². The maximum Gasteiger partial charge on any atom is 0.286 e. The second-order valence-corrected chi connectivity index (χ2v) is 9.40. The lowest BCUT2D eigenvalue weighted by atomic mass is 9.77. The van der Waals surface area contributed by atoms with Gasteiger partial charge in [0, 0.05) is 0 Å². The molecule has 2 unspecified atom stereocenters. The summed E-state index contributed by atoms with van der Waals surface area (Å²) in [5.74, 6) is 1.27. The molecule has 1 aliphatic heterocycles. The van der Waals surface area contributed by atoms with Gasteiger partial charge in [-0.15, -0.1) is 0 Å². The lowest BCUT2D eigenvalue weighted by molar-refractivity contribution is -0.118. The van der Waals surface area contributed by atoms with Crippen LogP contribution in [0.5, 0.6) is 0 Å². The average molecular weight is 421 g/mol. The summed E-state index contributed by atoms with van der Waals surface area (Å²) in [6, 6.07) is 16.4. The van der Waals surface area contributed by atoms with Gasteiger partial charge in [0.05, 0.1) is 11.2 Å². The van der Waals surface area contributed by atoms with Crippen molar-refractivity contribution in [3.05, 3.63) is 65.5 Å². The molecule has 5 nitrogen and oxygen atoms in total. The number of nitrogens with zero attached hydrogens (tertiary/aromatic N) is 1. The van der Waals surface area contributed by atoms with Gasteiger partial charge in [-0.3, -0.25) is 14.9 Å². The highest BCUT2D eigenvalue weighted by atomic mass is 32.2. The number of amides is 2. The summed E-state index contributed by atoms with van der Waals surface area (Å²) in [6.07, 6.45) is 6.74. The zero-order valence-corrected chi connectivity index (χ0v) is 17.5. The van der Waals surface area contributed by atoms with E-state index in [9.17, 15) is 9.59 Å². The third-order valence-corrected chi connectivity index (χ3v) is 7.18. The van der Waals surface area contributed by atoms with E-state index >= 15 is 0 Å². The van der Waals surface area contributed by atoms with Gasteiger partial charge in [0.15, 0.2) is 5.58 Å². The molecule has 0 radical (unpaired) electrons. The Labute approximate surface area is 179 Å². The number of benzene rings is 2. The molecule has 0 bridgehead atoms. The van der Waals surface area contributed by atoms with Gasteiger partial charge in [0.25, 0.3) is 5.24 Å². The Morgan fingerprint density at radius 3 is 2.60 bits per heavy atom. The van der Waals surface area contributed by atoms with Crippen molar-refractivity contribution in [2.24, 2.45) is 5.92 Å². The fourth-order valence-electron chi connectivity index (χ4n) is 4.74. The van der Waals surface area contributed by atoms with Crippen molar-refractivity contribution in [3.63, 3.8) is 0 Å². The molecule has 2 fully saturated rings. The zero-order valence-electron chi connectivity index (χ0n) is 16.7. The number of carbonyl (C=O) groups is 2. The van der Waals surface area contributed by atoms with Gasteiger partial charge >= 0.3 is 0 Å². The number of thioether (sulfide) groups is 1. The van der Waals surface area contributed by atoms with E-state index in [-0.39, 0.29) is 22.3 Å². The van der Waals surface area contributed by atoms with E-state index in [0.29, 0.717) is 12.3 Å². The van der Waals surface area contributed by atoms with E-state index in [1.807, 2.05) is 24.3 Å². The molecular weight excluding hydrogens is 396 g/mol. The van der Waals surface area contributed by atoms with Crippen molar-refractivity contribution >= 4 is 34.0 Å². The minimum Gasteiger partial charge on any atom is -0.440 e. The molecule has 1 aliphatic carbocycles. The van der Waals surface area contributed by atoms with Gasteiger partial charge in [-0.25, -0.2) is 4.98 Å². The number of nitrogens with one attached hydrogen (secondary N) is 1. The Morgan fingerprint density at radius 1 is 1.07 bits per heavy atom. The minimum absolute atomic E-state index is 0.163. The van der Waals surface area contributed by atoms with Crippen LogP contribution < -0.4 is 5.32 Å². The number of hydrogen-bond acceptors (Lipinski definition) is 5. The SMILES string of the molecule is O=C1NC(=O)C(Cc2ccc3oc(C(c4ccccc4)C4CCCCC4)nc3c2)S1. The first-order valence-electron chi connectivity index (χ1n) is 10.6. The number of imide groups is 1. The molecule has 1 aromatic heterocycles. The molecule has 3 aromatic rings. The van der Waals surface area contributed by atoms with E-state index < -0.39 is 0 Å². The number of fused-ring (bicyclic) bond motifs is 1. The summed E-state index contributed by atoms with van der Waals surface area (Å²) in [7, 11) is 0. The Kier molecular flexibility index (Phi) is 5.34. The molecule has 2 atom stereocenters. The predicted octanol–water partition coefficient (Wildman–Crippen LogP) is 5.43. The summed E-state index contributed by atoms with van der Waals surface area (Å²) in [4.78, 5) is 28.2. The summed E-state index contributed by atoms with van der Waals surface area (Å²) in [6.45, 7) is 0. The first kappa shape index (κ1) is 19.4. The molecule has 1 saturated heterocycles. The predicted molar refractivity (Wildman–Crippen MR) is 117 cm³/mol. The average Bonchev–Trinajstić information content (AvgIpc) is 3.31. The van der Waals surface area contributed by atoms with Gasteiger partial charge in [0.2, 0.25) is 11.8 Å². The van der Waals surface area contributed by atoms with Crippen molar-refractivity contribution in [1.29, 1.82) is 0 Å². The standard InChI is InChI=1S/C24H24N2O3S/c27-22-20(30-24(28)26-22)14-15-11-12-19-18(13-15)25-23(29-19)21(16-7-3-1-4-8-16)17-9-5-2-6-10-17/h1,3-4,7-8,11-13,17,20-21H,2,5-6,9-10,14H2,(H,26,27,28). The van der Waals surface area contributed by atoms with Gasteiger partial charge < -0.3 is 4.42 Å². The number of oxazole rings is 1. The third kappa shape index (κ3) is 3.88. The maximum absolute atomic E-state index is 11.9. The fourth-order valence-corrected chi connectivity index (χ4v) is 5.60. The second kappa shape index (κ2) is 8.26. The van der Waals surface area contributed by atoms with Crippen LogP contribution in [0.3, 0.4) is 0 Å². The van der Waals surface area contributed by atoms with Crippen LogP contribution in [0.1, 0.15) is 55.0 Å². The molecule has 30 heavy (non-hydrogen) atoms. The molecule has 2 heterocycles. The summed E-state index contributed by atoms with van der Waals surface area (Å²) in [5, 5.41) is 1.70. The van der Waals surface area contributed by atoms with Crippen molar-refractivity contribution < 1.29 is 14.0 Å². The van der Waals surface area contributed by atoms with Crippen LogP contribution in [0, 0.1) is 5.92 Å². The first-order valence-corrected chi connectivity index (χ1v) is 11.5. The van der Waals surface area contributed by atoms with Crippen LogP contribution in [0.15, 0.2) is 52.9 Å². The number of aromatic nitrogens is 1. The van der Waals surface area contributed by atoms with Gasteiger partial charge in [-0.1, -0.05) is 67.4 Å². The monoisotopic (exact) mass is 420 g/mol. The number of carbonyl (C=O) groups excluding carboxylic acids is 2. The Bertz CT molecular complexity index is 1070. The smallest absolute Gasteiger partial charge is 0.286 e. The third-order valence-electron chi connectivity index (χ3n) is 6.20. The lowest BCUT2D eigenvalue weighted by Crippen LogP contribution is -2.25. The minimum atomic E-state index is -0.374. The van der Waals surface area contributed by atoms with E-state index in [1.165, 1.54) is 37.7 Å². The van der Waals surface area contributed by atoms with Crippen LogP contribution in [-0.4, -0.2) is 21.4 Å². The molecule has 6 heteroatoms. The Morgan fingerprint density at radius 2 is 1.87 bits per heavy atom. The molecule has 1 N–H and O–H groups in total. The largest absolute Gasteiger partial charge is 0.440 e. The highest BCUT2D eigenvalue weighted by Crippen LogP contribution is 2.41. The highest BCUT2D eigenvalue weighted by molar-refractivity contribution is 8.15. The van der Waals surface area contributed by atoms with E-state index in [4.69, 9.17) is 9.40 Å². The lowest BCUT2D eigenvalue weighted by Gasteiger charge is -2.28. The normalized spacial score (nSPS) is 21.1. The summed E-state index contributed by atoms with van der Waals surface area (Å²) >= 11 is 1.06. The van der Waals surface area contributed by atoms with Gasteiger partial charge in [-0.2, -0.15) is 0 Å². The summed E-state index contributed by atoms with van der Waals surface area (Å²) in [5.41, 5.74) is 3.83. The van der Waals surface area contributed by atoms with Crippen LogP contribution >= 0.6 is 11.8 Å². The topological polar surface area (TPSA) is 72.2 Å². The Balaban J connectivity index is 1.46. The molecule has 2 aromatic carbocycles. The zero-order chi connectivity index (χ0) is 20.5. The van der Waals surface area contributed by atoms with Crippen molar-refractivity contribution in [3.8, 4) is 0 Å². The van der Waals surface area contributed by atoms with Gasteiger partial charge in [-0.05, 0) is 48.4 Å². The summed E-state index contributed by atoms with van der Waals surface area (Å²) < 4.78 is 6.25. The van der Waals surface area contributed by atoms with Crippen molar-refractivity contribution in [2.45, 2.75) is 49.7 Å². The molecule has 2 aliphatic rings. The molecule has 1 saturated carbocycles. The molecule has 0 spiro atoms. The first-order chi connectivity index (χ1) is 14.7. The van der Waals surface area contributed by atoms with E-state index in [1.54, 1.807) is 0 Å². The van der Waals surface area contributed by atoms with Crippen molar-refractivity contribution in [2.75, 3.05) is 0 Å². The number of rotatable bonds is 5. The van der Waals surface area contributed by atoms with Gasteiger partial charge in [0.1, 0.15) is 5.52 Å². The van der Waals surface area contributed by atoms with Crippen LogP contribution in [0.2, 0.25) is 0 Å². The van der Waals surface area contributed by atoms with Crippen molar-refractivity contribution in [1.82, 2.24) is 10.3 Å². The second-order valence-electron chi connectivity index (χ2n) is 8.23. The van der Waals surface area contributed by atoms with Crippen LogP contribution in [0.4, 0.5) is 4.79 Å². The maximum atomic E-state index is 11.9.